The normalized spacial score (nSPS) is 13.7. The first-order valence-electron chi connectivity index (χ1n) is 9.67. The van der Waals surface area contributed by atoms with Gasteiger partial charge in [0.25, 0.3) is 11.8 Å². The van der Waals surface area contributed by atoms with Crippen molar-refractivity contribution in [3.8, 4) is 11.5 Å². The number of carbonyl (C=O) groups is 2. The summed E-state index contributed by atoms with van der Waals surface area (Å²) in [6, 6.07) is 14.6. The molecule has 0 radical (unpaired) electrons. The Bertz CT molecular complexity index is 1180. The lowest BCUT2D eigenvalue weighted by molar-refractivity contribution is -0.120. The molecular formula is C24H22N2O4S. The highest BCUT2D eigenvalue weighted by Gasteiger charge is 2.41. The molecule has 1 aliphatic heterocycles. The average molecular weight is 435 g/mol. The van der Waals surface area contributed by atoms with Gasteiger partial charge in [-0.1, -0.05) is 18.2 Å². The summed E-state index contributed by atoms with van der Waals surface area (Å²) in [5.74, 6) is 0.160. The van der Waals surface area contributed by atoms with Gasteiger partial charge in [-0.15, -0.1) is 11.3 Å². The molecule has 0 saturated carbocycles. The summed E-state index contributed by atoms with van der Waals surface area (Å²) in [7, 11) is 3.05. The smallest absolute Gasteiger partial charge is 0.282 e. The Balaban J connectivity index is 1.83. The van der Waals surface area contributed by atoms with Crippen molar-refractivity contribution in [3.05, 3.63) is 75.6 Å². The SMILES string of the molecule is COc1cc(OC)cc(N2C(=O)C(Nc3cc(C)ccc3C)=C(c3cccs3)C2=O)c1. The van der Waals surface area contributed by atoms with Crippen molar-refractivity contribution in [2.24, 2.45) is 0 Å². The van der Waals surface area contributed by atoms with E-state index in [0.717, 1.165) is 26.6 Å². The number of imide groups is 1. The van der Waals surface area contributed by atoms with E-state index in [1.807, 2.05) is 49.6 Å². The van der Waals surface area contributed by atoms with E-state index in [-0.39, 0.29) is 5.70 Å². The van der Waals surface area contributed by atoms with Gasteiger partial charge in [0.2, 0.25) is 0 Å². The van der Waals surface area contributed by atoms with Crippen molar-refractivity contribution in [2.75, 3.05) is 24.4 Å². The molecule has 0 fully saturated rings. The van der Waals surface area contributed by atoms with Crippen LogP contribution in [0.5, 0.6) is 11.5 Å². The maximum atomic E-state index is 13.5. The van der Waals surface area contributed by atoms with Gasteiger partial charge in [-0.3, -0.25) is 9.59 Å². The van der Waals surface area contributed by atoms with Crippen LogP contribution in [-0.4, -0.2) is 26.0 Å². The van der Waals surface area contributed by atoms with E-state index in [2.05, 4.69) is 5.32 Å². The van der Waals surface area contributed by atoms with Crippen LogP contribution >= 0.6 is 11.3 Å². The van der Waals surface area contributed by atoms with Crippen molar-refractivity contribution in [2.45, 2.75) is 13.8 Å². The molecule has 0 saturated heterocycles. The number of thiophene rings is 1. The minimum atomic E-state index is -0.426. The number of rotatable bonds is 6. The van der Waals surface area contributed by atoms with Crippen molar-refractivity contribution >= 4 is 40.1 Å². The fourth-order valence-electron chi connectivity index (χ4n) is 3.46. The third-order valence-electron chi connectivity index (χ3n) is 5.10. The minimum absolute atomic E-state index is 0.253. The van der Waals surface area contributed by atoms with Crippen LogP contribution in [0, 0.1) is 13.8 Å². The predicted octanol–water partition coefficient (Wildman–Crippen LogP) is 4.78. The van der Waals surface area contributed by atoms with E-state index in [0.29, 0.717) is 22.8 Å². The van der Waals surface area contributed by atoms with Gasteiger partial charge in [0.05, 0.1) is 25.5 Å². The first kappa shape index (κ1) is 20.7. The first-order valence-corrected chi connectivity index (χ1v) is 10.5. The molecule has 158 valence electrons. The van der Waals surface area contributed by atoms with Crippen LogP contribution < -0.4 is 19.7 Å². The Morgan fingerprint density at radius 3 is 2.23 bits per heavy atom. The molecule has 2 aromatic carbocycles. The number of nitrogens with one attached hydrogen (secondary N) is 1. The van der Waals surface area contributed by atoms with Crippen LogP contribution in [0.3, 0.4) is 0 Å². The molecule has 4 rings (SSSR count). The Kier molecular flexibility index (Phi) is 5.52. The number of ether oxygens (including phenoxy) is 2. The largest absolute Gasteiger partial charge is 0.497 e. The number of hydrogen-bond donors (Lipinski definition) is 1. The van der Waals surface area contributed by atoms with Crippen LogP contribution in [0.4, 0.5) is 11.4 Å². The van der Waals surface area contributed by atoms with Crippen molar-refractivity contribution in [1.29, 1.82) is 0 Å². The van der Waals surface area contributed by atoms with Gasteiger partial charge < -0.3 is 14.8 Å². The van der Waals surface area contributed by atoms with Crippen LogP contribution in [0.1, 0.15) is 16.0 Å². The molecule has 0 unspecified atom stereocenters. The molecule has 1 aromatic heterocycles. The summed E-state index contributed by atoms with van der Waals surface area (Å²) in [4.78, 5) is 28.9. The van der Waals surface area contributed by atoms with E-state index in [4.69, 9.17) is 9.47 Å². The summed E-state index contributed by atoms with van der Waals surface area (Å²) in [6.07, 6.45) is 0. The molecule has 0 bridgehead atoms. The topological polar surface area (TPSA) is 67.9 Å². The van der Waals surface area contributed by atoms with Gasteiger partial charge in [0.1, 0.15) is 17.2 Å². The zero-order chi connectivity index (χ0) is 22.1. The number of amides is 2. The second-order valence-corrected chi connectivity index (χ2v) is 8.13. The standard InChI is InChI=1S/C24H22N2O4S/c1-14-7-8-15(2)19(10-14)25-22-21(20-6-5-9-31-20)23(27)26(24(22)28)16-11-17(29-3)13-18(12-16)30-4/h5-13,25H,1-4H3. The minimum Gasteiger partial charge on any atom is -0.497 e. The molecule has 0 spiro atoms. The summed E-state index contributed by atoms with van der Waals surface area (Å²) in [5, 5.41) is 5.12. The predicted molar refractivity (Wildman–Crippen MR) is 123 cm³/mol. The fourth-order valence-corrected chi connectivity index (χ4v) is 4.22. The summed E-state index contributed by atoms with van der Waals surface area (Å²) < 4.78 is 10.6. The van der Waals surface area contributed by atoms with Gasteiger partial charge in [0.15, 0.2) is 0 Å². The third kappa shape index (κ3) is 3.80. The molecule has 6 nitrogen and oxygen atoms in total. The van der Waals surface area contributed by atoms with Gasteiger partial charge in [0, 0.05) is 28.8 Å². The van der Waals surface area contributed by atoms with E-state index in [9.17, 15) is 9.59 Å². The number of benzene rings is 2. The Morgan fingerprint density at radius 2 is 1.61 bits per heavy atom. The van der Waals surface area contributed by atoms with Gasteiger partial charge in [-0.2, -0.15) is 0 Å². The molecule has 7 heteroatoms. The van der Waals surface area contributed by atoms with Crippen molar-refractivity contribution < 1.29 is 19.1 Å². The summed E-state index contributed by atoms with van der Waals surface area (Å²) in [6.45, 7) is 3.94. The third-order valence-corrected chi connectivity index (χ3v) is 5.99. The zero-order valence-corrected chi connectivity index (χ0v) is 18.5. The lowest BCUT2D eigenvalue weighted by atomic mass is 10.1. The van der Waals surface area contributed by atoms with E-state index >= 15 is 0 Å². The van der Waals surface area contributed by atoms with Gasteiger partial charge in [-0.05, 0) is 42.5 Å². The van der Waals surface area contributed by atoms with Crippen LogP contribution in [0.25, 0.3) is 5.57 Å². The Morgan fingerprint density at radius 1 is 0.903 bits per heavy atom. The highest BCUT2D eigenvalue weighted by molar-refractivity contribution is 7.11. The second kappa shape index (κ2) is 8.28. The van der Waals surface area contributed by atoms with Gasteiger partial charge in [-0.25, -0.2) is 4.90 Å². The highest BCUT2D eigenvalue weighted by Crippen LogP contribution is 2.38. The van der Waals surface area contributed by atoms with Gasteiger partial charge >= 0.3 is 0 Å². The number of methoxy groups -OCH3 is 2. The van der Waals surface area contributed by atoms with E-state index in [1.165, 1.54) is 25.6 Å². The molecule has 1 N–H and O–H groups in total. The summed E-state index contributed by atoms with van der Waals surface area (Å²) in [5.41, 5.74) is 3.81. The number of hydrogen-bond acceptors (Lipinski definition) is 6. The lowest BCUT2D eigenvalue weighted by Gasteiger charge is -2.17. The molecule has 31 heavy (non-hydrogen) atoms. The Labute approximate surface area is 184 Å². The number of anilines is 2. The number of aryl methyl sites for hydroxylation is 2. The zero-order valence-electron chi connectivity index (χ0n) is 17.7. The number of nitrogens with zero attached hydrogens (tertiary/aromatic N) is 1. The van der Waals surface area contributed by atoms with E-state index in [1.54, 1.807) is 18.2 Å². The monoisotopic (exact) mass is 434 g/mol. The molecule has 3 aromatic rings. The molecule has 0 atom stereocenters. The fraction of sp³-hybridized carbons (Fsp3) is 0.167. The lowest BCUT2D eigenvalue weighted by Crippen LogP contribution is -2.32. The molecular weight excluding hydrogens is 412 g/mol. The molecule has 0 aliphatic carbocycles. The molecule has 1 aliphatic rings. The number of carbonyl (C=O) groups excluding carboxylic acids is 2. The van der Waals surface area contributed by atoms with Crippen LogP contribution in [0.2, 0.25) is 0 Å². The average Bonchev–Trinajstić information content (AvgIpc) is 3.37. The van der Waals surface area contributed by atoms with Crippen LogP contribution in [0.15, 0.2) is 59.6 Å². The summed E-state index contributed by atoms with van der Waals surface area (Å²) >= 11 is 1.41. The maximum Gasteiger partial charge on any atom is 0.282 e. The Hall–Kier alpha value is -3.58. The van der Waals surface area contributed by atoms with Crippen molar-refractivity contribution in [3.63, 3.8) is 0 Å². The maximum absolute atomic E-state index is 13.5. The first-order chi connectivity index (χ1) is 14.9. The molecule has 2 heterocycles. The van der Waals surface area contributed by atoms with E-state index < -0.39 is 11.8 Å². The quantitative estimate of drug-likeness (QED) is 0.566. The van der Waals surface area contributed by atoms with Crippen LogP contribution in [-0.2, 0) is 9.59 Å². The highest BCUT2D eigenvalue weighted by atomic mass is 32.1. The molecule has 2 amide bonds. The second-order valence-electron chi connectivity index (χ2n) is 7.19. The van der Waals surface area contributed by atoms with Crippen molar-refractivity contribution in [1.82, 2.24) is 0 Å².